The first-order valence-electron chi connectivity index (χ1n) is 8.66. The van der Waals surface area contributed by atoms with Crippen molar-refractivity contribution >= 4 is 28.7 Å². The molecule has 0 aliphatic carbocycles. The SMILES string of the molecule is NC(=O)C(=O)C(Cc1coc2cc[nH]c12)NC(=O)c1cncn1-c1ccccn1. The molecule has 1 unspecified atom stereocenters. The third-order valence-electron chi connectivity index (χ3n) is 4.41. The number of fused-ring (bicyclic) bond motifs is 1. The number of amides is 2. The molecule has 10 heteroatoms. The number of hydrogen-bond acceptors (Lipinski definition) is 6. The average Bonchev–Trinajstić information content (AvgIpc) is 3.45. The van der Waals surface area contributed by atoms with Gasteiger partial charge in [-0.3, -0.25) is 19.0 Å². The predicted octanol–water partition coefficient (Wildman–Crippen LogP) is 0.737. The van der Waals surface area contributed by atoms with Gasteiger partial charge in [0.25, 0.3) is 11.8 Å². The summed E-state index contributed by atoms with van der Waals surface area (Å²) in [6.45, 7) is 0. The highest BCUT2D eigenvalue weighted by molar-refractivity contribution is 6.38. The minimum absolute atomic E-state index is 0.0265. The van der Waals surface area contributed by atoms with Crippen LogP contribution in [0.5, 0.6) is 0 Å². The van der Waals surface area contributed by atoms with Crippen LogP contribution in [0.2, 0.25) is 0 Å². The Morgan fingerprint density at radius 3 is 2.90 bits per heavy atom. The minimum atomic E-state index is -1.17. The van der Waals surface area contributed by atoms with Gasteiger partial charge in [0.05, 0.1) is 18.0 Å². The minimum Gasteiger partial charge on any atom is -0.462 e. The van der Waals surface area contributed by atoms with E-state index in [9.17, 15) is 14.4 Å². The largest absolute Gasteiger partial charge is 0.462 e. The highest BCUT2D eigenvalue weighted by Crippen LogP contribution is 2.21. The van der Waals surface area contributed by atoms with Gasteiger partial charge in [0.1, 0.15) is 23.9 Å². The summed E-state index contributed by atoms with van der Waals surface area (Å²) in [5.74, 6) is -2.17. The molecule has 4 heterocycles. The Kier molecular flexibility index (Phi) is 4.65. The maximum Gasteiger partial charge on any atom is 0.287 e. The summed E-state index contributed by atoms with van der Waals surface area (Å²) in [4.78, 5) is 47.8. The molecule has 0 fully saturated rings. The van der Waals surface area contributed by atoms with Gasteiger partial charge in [-0.1, -0.05) is 6.07 Å². The Morgan fingerprint density at radius 2 is 2.14 bits per heavy atom. The van der Waals surface area contributed by atoms with E-state index in [1.54, 1.807) is 36.7 Å². The molecule has 1 atom stereocenters. The van der Waals surface area contributed by atoms with Gasteiger partial charge in [0, 0.05) is 24.4 Å². The fraction of sp³-hybridized carbons (Fsp3) is 0.105. The number of nitrogens with two attached hydrogens (primary N) is 1. The highest BCUT2D eigenvalue weighted by atomic mass is 16.3. The van der Waals surface area contributed by atoms with Crippen LogP contribution in [0.4, 0.5) is 0 Å². The van der Waals surface area contributed by atoms with Gasteiger partial charge in [-0.2, -0.15) is 0 Å². The summed E-state index contributed by atoms with van der Waals surface area (Å²) < 4.78 is 6.86. The number of imidazole rings is 1. The molecular formula is C19H16N6O4. The third-order valence-corrected chi connectivity index (χ3v) is 4.41. The van der Waals surface area contributed by atoms with Crippen LogP contribution in [-0.2, 0) is 16.0 Å². The number of rotatable bonds is 7. The number of Topliss-reactive ketones (excluding diaryl/α,β-unsaturated/α-hetero) is 1. The van der Waals surface area contributed by atoms with E-state index in [2.05, 4.69) is 20.3 Å². The molecule has 0 aliphatic rings. The summed E-state index contributed by atoms with van der Waals surface area (Å²) in [5, 5.41) is 2.57. The second kappa shape index (κ2) is 7.43. The molecule has 146 valence electrons. The second-order valence-corrected chi connectivity index (χ2v) is 6.27. The first kappa shape index (κ1) is 18.2. The number of aromatic amines is 1. The fourth-order valence-electron chi connectivity index (χ4n) is 3.02. The zero-order valence-corrected chi connectivity index (χ0v) is 15.0. The van der Waals surface area contributed by atoms with E-state index >= 15 is 0 Å². The van der Waals surface area contributed by atoms with E-state index in [1.807, 2.05) is 0 Å². The molecule has 0 radical (unpaired) electrons. The molecule has 0 aliphatic heterocycles. The van der Waals surface area contributed by atoms with Gasteiger partial charge in [-0.15, -0.1) is 0 Å². The van der Waals surface area contributed by atoms with Crippen LogP contribution in [0.1, 0.15) is 16.1 Å². The molecule has 4 N–H and O–H groups in total. The average molecular weight is 392 g/mol. The lowest BCUT2D eigenvalue weighted by Gasteiger charge is -2.16. The Labute approximate surface area is 163 Å². The zero-order valence-electron chi connectivity index (χ0n) is 15.0. The summed E-state index contributed by atoms with van der Waals surface area (Å²) in [6.07, 6.45) is 7.53. The number of furan rings is 1. The number of H-pyrrole nitrogens is 1. The van der Waals surface area contributed by atoms with Crippen LogP contribution in [0.25, 0.3) is 16.9 Å². The van der Waals surface area contributed by atoms with Gasteiger partial charge in [-0.05, 0) is 18.2 Å². The van der Waals surface area contributed by atoms with E-state index < -0.39 is 23.6 Å². The van der Waals surface area contributed by atoms with Crippen LogP contribution in [0, 0.1) is 0 Å². The van der Waals surface area contributed by atoms with Crippen molar-refractivity contribution in [3.63, 3.8) is 0 Å². The number of ketones is 1. The molecule has 0 saturated heterocycles. The molecule has 4 aromatic rings. The van der Waals surface area contributed by atoms with E-state index in [0.29, 0.717) is 22.5 Å². The molecule has 4 aromatic heterocycles. The summed E-state index contributed by atoms with van der Waals surface area (Å²) >= 11 is 0. The number of nitrogens with zero attached hydrogens (tertiary/aromatic N) is 3. The van der Waals surface area contributed by atoms with Crippen molar-refractivity contribution in [2.45, 2.75) is 12.5 Å². The van der Waals surface area contributed by atoms with Gasteiger partial charge in [0.2, 0.25) is 5.78 Å². The predicted molar refractivity (Wildman–Crippen MR) is 101 cm³/mol. The van der Waals surface area contributed by atoms with Gasteiger partial charge >= 0.3 is 0 Å². The summed E-state index contributed by atoms with van der Waals surface area (Å²) in [5.41, 5.74) is 7.24. The quantitative estimate of drug-likeness (QED) is 0.395. The molecule has 0 spiro atoms. The van der Waals surface area contributed by atoms with E-state index in [1.165, 1.54) is 23.4 Å². The lowest BCUT2D eigenvalue weighted by molar-refractivity contribution is -0.137. The Balaban J connectivity index is 1.61. The smallest absolute Gasteiger partial charge is 0.287 e. The number of primary amides is 1. The standard InChI is InChI=1S/C19H16N6O4/c20-18(27)17(26)12(7-11-9-29-14-4-6-23-16(11)14)24-19(28)13-8-21-10-25(13)15-3-1-2-5-22-15/h1-6,8-10,12,23H,7H2,(H2,20,27)(H,24,28). The van der Waals surface area contributed by atoms with Crippen LogP contribution < -0.4 is 11.1 Å². The van der Waals surface area contributed by atoms with E-state index in [4.69, 9.17) is 10.2 Å². The number of aromatic nitrogens is 4. The molecule has 0 bridgehead atoms. The Bertz CT molecular complexity index is 1190. The normalized spacial score (nSPS) is 12.0. The molecule has 0 saturated carbocycles. The van der Waals surface area contributed by atoms with E-state index in [-0.39, 0.29) is 12.1 Å². The monoisotopic (exact) mass is 392 g/mol. The van der Waals surface area contributed by atoms with Crippen molar-refractivity contribution in [1.82, 2.24) is 24.8 Å². The van der Waals surface area contributed by atoms with Crippen molar-refractivity contribution in [3.05, 3.63) is 66.7 Å². The van der Waals surface area contributed by atoms with Crippen molar-refractivity contribution in [2.24, 2.45) is 5.73 Å². The lowest BCUT2D eigenvalue weighted by atomic mass is 10.0. The van der Waals surface area contributed by atoms with Crippen molar-refractivity contribution in [3.8, 4) is 5.82 Å². The van der Waals surface area contributed by atoms with Crippen LogP contribution in [0.15, 0.2) is 59.9 Å². The second-order valence-electron chi connectivity index (χ2n) is 6.27. The number of hydrogen-bond donors (Lipinski definition) is 3. The maximum absolute atomic E-state index is 12.8. The number of carbonyl (C=O) groups is 3. The molecule has 10 nitrogen and oxygen atoms in total. The topological polar surface area (TPSA) is 149 Å². The zero-order chi connectivity index (χ0) is 20.4. The number of nitrogens with one attached hydrogen (secondary N) is 2. The number of pyridine rings is 1. The Morgan fingerprint density at radius 1 is 1.28 bits per heavy atom. The molecule has 29 heavy (non-hydrogen) atoms. The van der Waals surface area contributed by atoms with Crippen LogP contribution in [-0.4, -0.2) is 43.2 Å². The first-order valence-corrected chi connectivity index (χ1v) is 8.66. The first-order chi connectivity index (χ1) is 14.0. The molecule has 2 amide bonds. The van der Waals surface area contributed by atoms with Crippen molar-refractivity contribution in [1.29, 1.82) is 0 Å². The molecule has 4 rings (SSSR count). The summed E-state index contributed by atoms with van der Waals surface area (Å²) in [6, 6.07) is 5.78. The van der Waals surface area contributed by atoms with Crippen LogP contribution >= 0.6 is 0 Å². The van der Waals surface area contributed by atoms with Crippen LogP contribution in [0.3, 0.4) is 0 Å². The fourth-order valence-corrected chi connectivity index (χ4v) is 3.02. The van der Waals surface area contributed by atoms with Gasteiger partial charge < -0.3 is 20.5 Å². The Hall–Kier alpha value is -4.21. The third kappa shape index (κ3) is 3.50. The lowest BCUT2D eigenvalue weighted by Crippen LogP contribution is -2.47. The molecular weight excluding hydrogens is 376 g/mol. The van der Waals surface area contributed by atoms with E-state index in [0.717, 1.165) is 0 Å². The van der Waals surface area contributed by atoms with Gasteiger partial charge in [-0.25, -0.2) is 9.97 Å². The van der Waals surface area contributed by atoms with Crippen molar-refractivity contribution < 1.29 is 18.8 Å². The summed E-state index contributed by atoms with van der Waals surface area (Å²) in [7, 11) is 0. The number of carbonyl (C=O) groups excluding carboxylic acids is 3. The highest BCUT2D eigenvalue weighted by Gasteiger charge is 2.28. The maximum atomic E-state index is 12.8. The molecule has 0 aromatic carbocycles. The van der Waals surface area contributed by atoms with Crippen molar-refractivity contribution in [2.75, 3.05) is 0 Å². The van der Waals surface area contributed by atoms with Gasteiger partial charge in [0.15, 0.2) is 5.58 Å².